The van der Waals surface area contributed by atoms with Crippen LogP contribution in [0, 0.1) is 13.8 Å². The number of pyridine rings is 1. The van der Waals surface area contributed by atoms with Crippen LogP contribution in [-0.4, -0.2) is 19.1 Å². The highest BCUT2D eigenvalue weighted by Crippen LogP contribution is 2.25. The zero-order chi connectivity index (χ0) is 15.4. The molecule has 0 atom stereocenters. The molecule has 0 saturated carbocycles. The van der Waals surface area contributed by atoms with Crippen LogP contribution in [0.5, 0.6) is 5.75 Å². The summed E-state index contributed by atoms with van der Waals surface area (Å²) in [6, 6.07) is 10.1. The summed E-state index contributed by atoms with van der Waals surface area (Å²) < 4.78 is 5.41. The number of hydrogen-bond acceptors (Lipinski definition) is 4. The molecule has 1 aromatic carbocycles. The Morgan fingerprint density at radius 1 is 1.24 bits per heavy atom. The largest absolute Gasteiger partial charge is 0.496 e. The Morgan fingerprint density at radius 3 is 2.62 bits per heavy atom. The Hall–Kier alpha value is -2.07. The number of hydrogen-bond donors (Lipinski definition) is 1. The van der Waals surface area contributed by atoms with Gasteiger partial charge in [-0.05, 0) is 31.5 Å². The third-order valence-electron chi connectivity index (χ3n) is 3.62. The fourth-order valence-electron chi connectivity index (χ4n) is 2.58. The molecule has 21 heavy (non-hydrogen) atoms. The van der Waals surface area contributed by atoms with Crippen LogP contribution in [0.2, 0.25) is 0 Å². The number of benzene rings is 1. The van der Waals surface area contributed by atoms with Gasteiger partial charge in [-0.25, -0.2) is 4.98 Å². The van der Waals surface area contributed by atoms with Gasteiger partial charge in [0.25, 0.3) is 0 Å². The number of aromatic nitrogens is 1. The van der Waals surface area contributed by atoms with E-state index in [1.807, 2.05) is 32.2 Å². The van der Waals surface area contributed by atoms with E-state index in [0.29, 0.717) is 6.54 Å². The smallest absolute Gasteiger partial charge is 0.133 e. The molecule has 0 unspecified atom stereocenters. The van der Waals surface area contributed by atoms with Crippen LogP contribution >= 0.6 is 0 Å². The first-order valence-electron chi connectivity index (χ1n) is 7.07. The molecule has 0 aliphatic carbocycles. The van der Waals surface area contributed by atoms with Crippen LogP contribution in [0.25, 0.3) is 0 Å². The summed E-state index contributed by atoms with van der Waals surface area (Å²) in [7, 11) is 3.73. The summed E-state index contributed by atoms with van der Waals surface area (Å²) >= 11 is 0. The van der Waals surface area contributed by atoms with Crippen LogP contribution in [-0.2, 0) is 13.1 Å². The number of ether oxygens (including phenoxy) is 1. The van der Waals surface area contributed by atoms with Crippen LogP contribution in [0.4, 0.5) is 5.82 Å². The number of aryl methyl sites for hydroxylation is 2. The highest BCUT2D eigenvalue weighted by atomic mass is 16.5. The highest BCUT2D eigenvalue weighted by molar-refractivity contribution is 5.52. The van der Waals surface area contributed by atoms with E-state index < -0.39 is 0 Å². The number of rotatable bonds is 5. The Bertz CT molecular complexity index is 625. The molecule has 0 amide bonds. The lowest BCUT2D eigenvalue weighted by Crippen LogP contribution is -2.21. The lowest BCUT2D eigenvalue weighted by atomic mass is 10.1. The quantitative estimate of drug-likeness (QED) is 0.918. The first kappa shape index (κ1) is 15.3. The zero-order valence-corrected chi connectivity index (χ0v) is 13.2. The van der Waals surface area contributed by atoms with Gasteiger partial charge in [0.05, 0.1) is 7.11 Å². The monoisotopic (exact) mass is 285 g/mol. The minimum Gasteiger partial charge on any atom is -0.496 e. The van der Waals surface area contributed by atoms with Crippen molar-refractivity contribution in [2.75, 3.05) is 19.1 Å². The summed E-state index contributed by atoms with van der Waals surface area (Å²) in [4.78, 5) is 6.79. The molecule has 0 aliphatic heterocycles. The van der Waals surface area contributed by atoms with E-state index in [4.69, 9.17) is 10.5 Å². The Kier molecular flexibility index (Phi) is 4.81. The number of nitrogens with zero attached hydrogens (tertiary/aromatic N) is 2. The summed E-state index contributed by atoms with van der Waals surface area (Å²) in [5, 5.41) is 0. The SMILES string of the molecule is COc1ccccc1CN(C)c1nc(C)cc(C)c1CN. The molecule has 1 heterocycles. The first-order valence-corrected chi connectivity index (χ1v) is 7.07. The van der Waals surface area contributed by atoms with Gasteiger partial charge in [-0.15, -0.1) is 0 Å². The highest BCUT2D eigenvalue weighted by Gasteiger charge is 2.13. The fourth-order valence-corrected chi connectivity index (χ4v) is 2.58. The van der Waals surface area contributed by atoms with Crippen molar-refractivity contribution in [2.24, 2.45) is 5.73 Å². The second-order valence-electron chi connectivity index (χ2n) is 5.25. The summed E-state index contributed by atoms with van der Waals surface area (Å²) in [6.07, 6.45) is 0. The Labute approximate surface area is 126 Å². The molecule has 1 aromatic heterocycles. The summed E-state index contributed by atoms with van der Waals surface area (Å²) in [5.41, 5.74) is 10.3. The molecule has 0 radical (unpaired) electrons. The molecule has 112 valence electrons. The van der Waals surface area contributed by atoms with Gasteiger partial charge in [0.15, 0.2) is 0 Å². The fraction of sp³-hybridized carbons (Fsp3) is 0.353. The minimum absolute atomic E-state index is 0.491. The van der Waals surface area contributed by atoms with E-state index in [0.717, 1.165) is 34.9 Å². The van der Waals surface area contributed by atoms with E-state index in [-0.39, 0.29) is 0 Å². The van der Waals surface area contributed by atoms with Crippen LogP contribution in [0.15, 0.2) is 30.3 Å². The van der Waals surface area contributed by atoms with E-state index >= 15 is 0 Å². The molecule has 2 aromatic rings. The van der Waals surface area contributed by atoms with Crippen molar-refractivity contribution < 1.29 is 4.74 Å². The van der Waals surface area contributed by atoms with Gasteiger partial charge >= 0.3 is 0 Å². The summed E-state index contributed by atoms with van der Waals surface area (Å²) in [6.45, 7) is 5.31. The molecule has 0 saturated heterocycles. The third-order valence-corrected chi connectivity index (χ3v) is 3.62. The average molecular weight is 285 g/mol. The molecular weight excluding hydrogens is 262 g/mol. The van der Waals surface area contributed by atoms with Gasteiger partial charge in [-0.1, -0.05) is 18.2 Å². The van der Waals surface area contributed by atoms with Crippen LogP contribution in [0.1, 0.15) is 22.4 Å². The van der Waals surface area contributed by atoms with Gasteiger partial charge in [0, 0.05) is 37.0 Å². The molecular formula is C17H23N3O. The Balaban J connectivity index is 2.34. The van der Waals surface area contributed by atoms with Gasteiger partial charge in [-0.2, -0.15) is 0 Å². The van der Waals surface area contributed by atoms with E-state index in [2.05, 4.69) is 28.9 Å². The van der Waals surface area contributed by atoms with Crippen LogP contribution < -0.4 is 15.4 Å². The topological polar surface area (TPSA) is 51.4 Å². The number of anilines is 1. The molecule has 2 rings (SSSR count). The van der Waals surface area contributed by atoms with Crippen molar-refractivity contribution in [1.29, 1.82) is 0 Å². The van der Waals surface area contributed by atoms with Crippen molar-refractivity contribution in [2.45, 2.75) is 26.9 Å². The van der Waals surface area contributed by atoms with Gasteiger partial charge in [0.1, 0.15) is 11.6 Å². The van der Waals surface area contributed by atoms with E-state index in [1.54, 1.807) is 7.11 Å². The third kappa shape index (κ3) is 3.34. The number of methoxy groups -OCH3 is 1. The second kappa shape index (κ2) is 6.59. The maximum absolute atomic E-state index is 5.90. The zero-order valence-electron chi connectivity index (χ0n) is 13.2. The van der Waals surface area contributed by atoms with Crippen LogP contribution in [0.3, 0.4) is 0 Å². The Morgan fingerprint density at radius 2 is 1.95 bits per heavy atom. The molecule has 4 nitrogen and oxygen atoms in total. The molecule has 0 aliphatic rings. The van der Waals surface area contributed by atoms with Crippen molar-refractivity contribution >= 4 is 5.82 Å². The first-order chi connectivity index (χ1) is 10.1. The van der Waals surface area contributed by atoms with E-state index in [1.165, 1.54) is 5.56 Å². The second-order valence-corrected chi connectivity index (χ2v) is 5.25. The van der Waals surface area contributed by atoms with Crippen molar-refractivity contribution in [3.05, 3.63) is 52.7 Å². The minimum atomic E-state index is 0.491. The van der Waals surface area contributed by atoms with Gasteiger partial charge in [-0.3, -0.25) is 0 Å². The van der Waals surface area contributed by atoms with E-state index in [9.17, 15) is 0 Å². The predicted octanol–water partition coefficient (Wildman–Crippen LogP) is 2.80. The molecule has 0 spiro atoms. The number of para-hydroxylation sites is 1. The lowest BCUT2D eigenvalue weighted by Gasteiger charge is -2.23. The maximum atomic E-state index is 5.90. The van der Waals surface area contributed by atoms with Crippen molar-refractivity contribution in [1.82, 2.24) is 4.98 Å². The van der Waals surface area contributed by atoms with Gasteiger partial charge < -0.3 is 15.4 Å². The predicted molar refractivity (Wildman–Crippen MR) is 86.7 cm³/mol. The van der Waals surface area contributed by atoms with Gasteiger partial charge in [0.2, 0.25) is 0 Å². The lowest BCUT2D eigenvalue weighted by molar-refractivity contribution is 0.409. The van der Waals surface area contributed by atoms with Crippen molar-refractivity contribution in [3.63, 3.8) is 0 Å². The molecule has 4 heteroatoms. The normalized spacial score (nSPS) is 10.5. The standard InChI is InChI=1S/C17H23N3O/c1-12-9-13(2)19-17(15(12)10-18)20(3)11-14-7-5-6-8-16(14)21-4/h5-9H,10-11,18H2,1-4H3. The number of nitrogens with two attached hydrogens (primary N) is 1. The molecule has 0 fully saturated rings. The molecule has 0 bridgehead atoms. The van der Waals surface area contributed by atoms with Crippen molar-refractivity contribution in [3.8, 4) is 5.75 Å². The molecule has 2 N–H and O–H groups in total. The average Bonchev–Trinajstić information content (AvgIpc) is 2.47. The maximum Gasteiger partial charge on any atom is 0.133 e. The summed E-state index contributed by atoms with van der Waals surface area (Å²) in [5.74, 6) is 1.84.